The van der Waals surface area contributed by atoms with Crippen LogP contribution in [0, 0.1) is 0 Å². The summed E-state index contributed by atoms with van der Waals surface area (Å²) in [5.41, 5.74) is 42.9. The molecule has 0 bridgehead atoms. The standard InChI is InChI=1S/C122H82N4/c1-6-34-83(35-7-1)87-66-72-96(73-67-87)123(117-64-32-58-111-119(117)103-50-18-20-52-105(103)121(111)107-54-22-26-60-113(107)125(95-45-14-5-15-46-95)114-61-27-23-55-108(114)121)97-76-70-89(71-77-97)101-48-16-17-49-102(101)92-44-30-42-90(78-92)91-43-31-47-99(80-91)126-115-62-28-24-56-109(115)122(110-57-25-29-63-116(110)126)106-53-21-19-51-104(106)120-112(122)59-33-65-118(120)124(98-74-68-88(69-75-98)84-36-8-2-9-37-84)100-81-93(85-38-10-3-11-39-85)79-94(82-100)86-40-12-4-13-41-86/h1-82H. The quantitative estimate of drug-likeness (QED) is 0.101. The number of hydrogen-bond acceptors (Lipinski definition) is 4. The molecule has 0 amide bonds. The van der Waals surface area contributed by atoms with Crippen LogP contribution in [0.25, 0.3) is 100 Å². The first-order valence-electron chi connectivity index (χ1n) is 43.6. The zero-order valence-corrected chi connectivity index (χ0v) is 69.1. The molecule has 0 radical (unpaired) electrons. The molecule has 2 heterocycles. The summed E-state index contributed by atoms with van der Waals surface area (Å²) >= 11 is 0. The van der Waals surface area contributed by atoms with Gasteiger partial charge in [0.25, 0.3) is 0 Å². The molecule has 0 unspecified atom stereocenters. The van der Waals surface area contributed by atoms with Crippen LogP contribution >= 0.6 is 0 Å². The summed E-state index contributed by atoms with van der Waals surface area (Å²) < 4.78 is 0. The predicted octanol–water partition coefficient (Wildman–Crippen LogP) is 32.6. The third-order valence-corrected chi connectivity index (χ3v) is 26.6. The van der Waals surface area contributed by atoms with Crippen molar-refractivity contribution in [1.29, 1.82) is 0 Å². The van der Waals surface area contributed by atoms with Gasteiger partial charge in [-0.2, -0.15) is 0 Å². The second-order valence-corrected chi connectivity index (χ2v) is 33.3. The number of nitrogens with zero attached hydrogens (tertiary/aromatic N) is 4. The zero-order valence-electron chi connectivity index (χ0n) is 69.1. The van der Waals surface area contributed by atoms with Crippen molar-refractivity contribution < 1.29 is 0 Å². The first-order valence-corrected chi connectivity index (χ1v) is 43.6. The molecule has 24 rings (SSSR count). The van der Waals surface area contributed by atoms with Crippen LogP contribution in [0.3, 0.4) is 0 Å². The molecule has 4 aliphatic rings. The fraction of sp³-hybridized carbons (Fsp3) is 0.0164. The van der Waals surface area contributed by atoms with Crippen molar-refractivity contribution in [1.82, 2.24) is 0 Å². The lowest BCUT2D eigenvalue weighted by Crippen LogP contribution is -2.36. The molecular formula is C122H82N4. The minimum Gasteiger partial charge on any atom is -0.310 e. The van der Waals surface area contributed by atoms with Gasteiger partial charge in [-0.25, -0.2) is 0 Å². The molecule has 0 aromatic heterocycles. The van der Waals surface area contributed by atoms with Crippen molar-refractivity contribution in [2.24, 2.45) is 0 Å². The van der Waals surface area contributed by atoms with E-state index in [-0.39, 0.29) is 0 Å². The molecule has 0 N–H and O–H groups in total. The molecule has 20 aromatic rings. The molecule has 0 fully saturated rings. The van der Waals surface area contributed by atoms with Crippen LogP contribution in [0.5, 0.6) is 0 Å². The lowest BCUT2D eigenvalue weighted by atomic mass is 9.64. The van der Waals surface area contributed by atoms with Gasteiger partial charge in [-0.3, -0.25) is 0 Å². The Morgan fingerprint density at radius 1 is 0.151 bits per heavy atom. The van der Waals surface area contributed by atoms with Gasteiger partial charge in [0.1, 0.15) is 0 Å². The minimum absolute atomic E-state index is 0.631. The Morgan fingerprint density at radius 2 is 0.421 bits per heavy atom. The smallest absolute Gasteiger partial charge is 0.0755 e. The Balaban J connectivity index is 0.599. The molecule has 2 aliphatic heterocycles. The van der Waals surface area contributed by atoms with Crippen LogP contribution in [0.1, 0.15) is 44.5 Å². The summed E-state index contributed by atoms with van der Waals surface area (Å²) in [4.78, 5) is 9.98. The van der Waals surface area contributed by atoms with E-state index < -0.39 is 10.8 Å². The fourth-order valence-electron chi connectivity index (χ4n) is 21.3. The average Bonchev–Trinajstić information content (AvgIpc) is 1.49. The zero-order chi connectivity index (χ0) is 83.2. The summed E-state index contributed by atoms with van der Waals surface area (Å²) in [5.74, 6) is 0. The van der Waals surface area contributed by atoms with Crippen molar-refractivity contribution in [2.45, 2.75) is 10.8 Å². The highest BCUT2D eigenvalue weighted by atomic mass is 15.2. The first-order chi connectivity index (χ1) is 62.5. The van der Waals surface area contributed by atoms with E-state index in [4.69, 9.17) is 0 Å². The first kappa shape index (κ1) is 73.5. The third-order valence-electron chi connectivity index (χ3n) is 26.6. The molecule has 0 saturated carbocycles. The lowest BCUT2D eigenvalue weighted by Gasteiger charge is -2.45. The summed E-state index contributed by atoms with van der Waals surface area (Å²) in [7, 11) is 0. The maximum atomic E-state index is 2.52. The number of fused-ring (bicyclic) bond motifs is 18. The van der Waals surface area contributed by atoms with E-state index in [0.29, 0.717) is 0 Å². The molecule has 590 valence electrons. The van der Waals surface area contributed by atoms with Gasteiger partial charge >= 0.3 is 0 Å². The summed E-state index contributed by atoms with van der Waals surface area (Å²) in [5, 5.41) is 0. The third kappa shape index (κ3) is 11.7. The lowest BCUT2D eigenvalue weighted by molar-refractivity contribution is 0.752. The van der Waals surface area contributed by atoms with E-state index in [1.807, 2.05) is 0 Å². The minimum atomic E-state index is -0.716. The molecule has 20 aromatic carbocycles. The molecule has 0 atom stereocenters. The van der Waals surface area contributed by atoms with Gasteiger partial charge in [-0.1, -0.05) is 376 Å². The largest absolute Gasteiger partial charge is 0.310 e. The van der Waals surface area contributed by atoms with Crippen molar-refractivity contribution in [3.8, 4) is 100 Å². The molecule has 4 nitrogen and oxygen atoms in total. The maximum Gasteiger partial charge on any atom is 0.0755 e. The predicted molar refractivity (Wildman–Crippen MR) is 525 cm³/mol. The Kier molecular flexibility index (Phi) is 17.7. The average molecular weight is 1600 g/mol. The van der Waals surface area contributed by atoms with Crippen LogP contribution in [0.2, 0.25) is 0 Å². The monoisotopic (exact) mass is 1600 g/mol. The Morgan fingerprint density at radius 3 is 0.849 bits per heavy atom. The second kappa shape index (κ2) is 30.3. The molecule has 2 aliphatic carbocycles. The second-order valence-electron chi connectivity index (χ2n) is 33.3. The van der Waals surface area contributed by atoms with Crippen molar-refractivity contribution >= 4 is 68.2 Å². The van der Waals surface area contributed by atoms with Crippen LogP contribution in [-0.2, 0) is 10.8 Å². The normalized spacial score (nSPS) is 13.0. The summed E-state index contributed by atoms with van der Waals surface area (Å²) in [6.45, 7) is 0. The van der Waals surface area contributed by atoms with Crippen LogP contribution in [-0.4, -0.2) is 0 Å². The van der Waals surface area contributed by atoms with E-state index in [2.05, 4.69) is 517 Å². The van der Waals surface area contributed by atoms with Gasteiger partial charge in [0.05, 0.1) is 45.0 Å². The van der Waals surface area contributed by atoms with Gasteiger partial charge in [-0.15, -0.1) is 0 Å². The van der Waals surface area contributed by atoms with Gasteiger partial charge in [0, 0.05) is 45.3 Å². The number of anilines is 12. The van der Waals surface area contributed by atoms with Crippen molar-refractivity contribution in [2.75, 3.05) is 19.6 Å². The van der Waals surface area contributed by atoms with E-state index in [0.717, 1.165) is 118 Å². The maximum absolute atomic E-state index is 2.52. The topological polar surface area (TPSA) is 13.0 Å². The molecule has 126 heavy (non-hydrogen) atoms. The number of hydrogen-bond donors (Lipinski definition) is 0. The molecule has 2 spiro atoms. The number of rotatable bonds is 15. The Hall–Kier alpha value is -16.4. The van der Waals surface area contributed by atoms with E-state index >= 15 is 0 Å². The highest BCUT2D eigenvalue weighted by Gasteiger charge is 2.55. The van der Waals surface area contributed by atoms with Gasteiger partial charge in [0.15, 0.2) is 0 Å². The summed E-state index contributed by atoms with van der Waals surface area (Å²) in [6.07, 6.45) is 0. The Labute approximate surface area is 735 Å². The molecular weight excluding hydrogens is 1520 g/mol. The van der Waals surface area contributed by atoms with Crippen molar-refractivity contribution in [3.05, 3.63) is 542 Å². The SMILES string of the molecule is c1ccc(-c2ccc(N(c3ccc(-c4ccccc4-c4cccc(-c5cccc(N6c7ccccc7C7(c8ccccc8-c8c(N(c9ccc(-c%10ccccc%10)cc9)c9cc(-c%10ccccc%10)cc(-c%10ccccc%10)c9)cccc87)c7ccccc76)c5)c4)cc3)c3cccc4c3-c3ccccc3C43c4ccccc4N(c4ccccc4)c4ccccc43)cc2)cc1. The van der Waals surface area contributed by atoms with Gasteiger partial charge in [0.2, 0.25) is 0 Å². The van der Waals surface area contributed by atoms with E-state index in [9.17, 15) is 0 Å². The van der Waals surface area contributed by atoms with E-state index in [1.54, 1.807) is 0 Å². The highest BCUT2D eigenvalue weighted by Crippen LogP contribution is 2.68. The van der Waals surface area contributed by atoms with Crippen LogP contribution in [0.15, 0.2) is 497 Å². The van der Waals surface area contributed by atoms with Crippen LogP contribution < -0.4 is 19.6 Å². The van der Waals surface area contributed by atoms with Crippen molar-refractivity contribution in [3.63, 3.8) is 0 Å². The highest BCUT2D eigenvalue weighted by molar-refractivity contribution is 6.05. The van der Waals surface area contributed by atoms with Gasteiger partial charge in [-0.05, 0) is 255 Å². The molecule has 0 saturated heterocycles. The summed E-state index contributed by atoms with van der Waals surface area (Å²) in [6, 6.07) is 185. The van der Waals surface area contributed by atoms with E-state index in [1.165, 1.54) is 94.8 Å². The van der Waals surface area contributed by atoms with Gasteiger partial charge < -0.3 is 19.6 Å². The fourth-order valence-corrected chi connectivity index (χ4v) is 21.3. The number of para-hydroxylation sites is 5. The molecule has 4 heteroatoms. The number of benzene rings is 20. The van der Waals surface area contributed by atoms with Crippen LogP contribution in [0.4, 0.5) is 68.2 Å². The Bertz CT molecular complexity index is 7420.